The van der Waals surface area contributed by atoms with Gasteiger partial charge in [0.2, 0.25) is 5.91 Å². The van der Waals surface area contributed by atoms with Crippen molar-refractivity contribution in [1.29, 1.82) is 0 Å². The zero-order valence-electron chi connectivity index (χ0n) is 15.8. The van der Waals surface area contributed by atoms with Gasteiger partial charge in [-0.2, -0.15) is 0 Å². The molecule has 0 saturated carbocycles. The van der Waals surface area contributed by atoms with Crippen molar-refractivity contribution < 1.29 is 9.90 Å². The molecule has 4 rings (SSSR count). The lowest BCUT2D eigenvalue weighted by molar-refractivity contribution is -0.113. The van der Waals surface area contributed by atoms with Gasteiger partial charge in [-0.1, -0.05) is 59.5 Å². The van der Waals surface area contributed by atoms with Crippen LogP contribution in [-0.4, -0.2) is 31.3 Å². The summed E-state index contributed by atoms with van der Waals surface area (Å²) >= 11 is 2.81. The standard InChI is InChI=1S/C21H20N4O2S2/c1-14-7-8-17-18(9-14)29-20(23-17)24-19(27)13-28-21-22-16(12-26)11-25(21)10-15-5-3-2-4-6-15/h2-9,11,26H,10,12-13H2,1H3,(H,23,24,27). The lowest BCUT2D eigenvalue weighted by Crippen LogP contribution is -2.14. The van der Waals surface area contributed by atoms with Crippen LogP contribution in [0.15, 0.2) is 59.9 Å². The first kappa shape index (κ1) is 19.6. The predicted octanol–water partition coefficient (Wildman–Crippen LogP) is 4.07. The number of thioether (sulfide) groups is 1. The number of nitrogens with one attached hydrogen (secondary N) is 1. The van der Waals surface area contributed by atoms with Crippen LogP contribution in [0.5, 0.6) is 0 Å². The van der Waals surface area contributed by atoms with Gasteiger partial charge in [0, 0.05) is 12.7 Å². The predicted molar refractivity (Wildman–Crippen MR) is 117 cm³/mol. The molecule has 0 saturated heterocycles. The molecule has 2 aromatic carbocycles. The number of nitrogens with zero attached hydrogens (tertiary/aromatic N) is 3. The molecule has 8 heteroatoms. The lowest BCUT2D eigenvalue weighted by Gasteiger charge is -2.07. The summed E-state index contributed by atoms with van der Waals surface area (Å²) in [6.45, 7) is 2.54. The average Bonchev–Trinajstić information content (AvgIpc) is 3.29. The second kappa shape index (κ2) is 8.77. The SMILES string of the molecule is Cc1ccc2nc(NC(=O)CSc3nc(CO)cn3Cc3ccccc3)sc2c1. The van der Waals surface area contributed by atoms with Crippen molar-refractivity contribution in [2.75, 3.05) is 11.1 Å². The van der Waals surface area contributed by atoms with E-state index in [1.807, 2.05) is 60.2 Å². The van der Waals surface area contributed by atoms with Crippen LogP contribution in [0.1, 0.15) is 16.8 Å². The largest absolute Gasteiger partial charge is 0.390 e. The Labute approximate surface area is 176 Å². The number of thiazole rings is 1. The Hall–Kier alpha value is -2.68. The number of hydrogen-bond donors (Lipinski definition) is 2. The number of anilines is 1. The third-order valence-corrected chi connectivity index (χ3v) is 6.19. The van der Waals surface area contributed by atoms with Gasteiger partial charge in [-0.25, -0.2) is 9.97 Å². The Morgan fingerprint density at radius 1 is 1.21 bits per heavy atom. The molecule has 0 unspecified atom stereocenters. The molecule has 2 heterocycles. The number of carbonyl (C=O) groups excluding carboxylic acids is 1. The third kappa shape index (κ3) is 4.84. The molecule has 1 amide bonds. The summed E-state index contributed by atoms with van der Waals surface area (Å²) in [6, 6.07) is 16.0. The summed E-state index contributed by atoms with van der Waals surface area (Å²) in [5.41, 5.74) is 3.77. The molecular formula is C21H20N4O2S2. The quantitative estimate of drug-likeness (QED) is 0.437. The van der Waals surface area contributed by atoms with Crippen molar-refractivity contribution in [3.63, 3.8) is 0 Å². The monoisotopic (exact) mass is 424 g/mol. The van der Waals surface area contributed by atoms with Crippen LogP contribution in [0.3, 0.4) is 0 Å². The van der Waals surface area contributed by atoms with E-state index < -0.39 is 0 Å². The molecule has 2 aromatic heterocycles. The number of benzene rings is 2. The van der Waals surface area contributed by atoms with Gasteiger partial charge in [0.1, 0.15) is 0 Å². The Morgan fingerprint density at radius 3 is 2.83 bits per heavy atom. The van der Waals surface area contributed by atoms with Crippen molar-refractivity contribution in [3.05, 3.63) is 71.5 Å². The van der Waals surface area contributed by atoms with Gasteiger partial charge < -0.3 is 15.0 Å². The summed E-state index contributed by atoms with van der Waals surface area (Å²) in [5.74, 6) is 0.0802. The molecule has 0 aliphatic carbocycles. The van der Waals surface area contributed by atoms with Crippen molar-refractivity contribution in [1.82, 2.24) is 14.5 Å². The van der Waals surface area contributed by atoms with Crippen molar-refractivity contribution in [2.24, 2.45) is 0 Å². The van der Waals surface area contributed by atoms with Gasteiger partial charge in [-0.15, -0.1) is 0 Å². The molecule has 0 bridgehead atoms. The Morgan fingerprint density at radius 2 is 2.03 bits per heavy atom. The van der Waals surface area contributed by atoms with E-state index >= 15 is 0 Å². The zero-order chi connectivity index (χ0) is 20.2. The van der Waals surface area contributed by atoms with E-state index in [0.717, 1.165) is 15.8 Å². The number of rotatable bonds is 7. The molecular weight excluding hydrogens is 404 g/mol. The van der Waals surface area contributed by atoms with E-state index in [0.29, 0.717) is 22.5 Å². The Balaban J connectivity index is 1.42. The molecule has 0 aliphatic rings. The van der Waals surface area contributed by atoms with Crippen molar-refractivity contribution in [3.8, 4) is 0 Å². The Kier molecular flexibility index (Phi) is 5.94. The fourth-order valence-electron chi connectivity index (χ4n) is 2.91. The van der Waals surface area contributed by atoms with Crippen molar-refractivity contribution in [2.45, 2.75) is 25.2 Å². The maximum atomic E-state index is 12.4. The van der Waals surface area contributed by atoms with Crippen LogP contribution in [0.2, 0.25) is 0 Å². The van der Waals surface area contributed by atoms with E-state index in [4.69, 9.17) is 0 Å². The minimum atomic E-state index is -0.134. The summed E-state index contributed by atoms with van der Waals surface area (Å²) in [4.78, 5) is 21.3. The topological polar surface area (TPSA) is 80.0 Å². The van der Waals surface area contributed by atoms with Gasteiger partial charge in [-0.05, 0) is 30.2 Å². The van der Waals surface area contributed by atoms with Crippen LogP contribution in [0, 0.1) is 6.92 Å². The summed E-state index contributed by atoms with van der Waals surface area (Å²) < 4.78 is 3.01. The number of imidazole rings is 1. The van der Waals surface area contributed by atoms with Gasteiger partial charge >= 0.3 is 0 Å². The molecule has 0 atom stereocenters. The van der Waals surface area contributed by atoms with E-state index in [2.05, 4.69) is 21.4 Å². The fraction of sp³-hybridized carbons (Fsp3) is 0.190. The number of amides is 1. The van der Waals surface area contributed by atoms with E-state index in [9.17, 15) is 9.90 Å². The number of aryl methyl sites for hydroxylation is 1. The molecule has 2 N–H and O–H groups in total. The van der Waals surface area contributed by atoms with Crippen molar-refractivity contribution >= 4 is 44.4 Å². The molecule has 0 fully saturated rings. The molecule has 4 aromatic rings. The molecule has 148 valence electrons. The smallest absolute Gasteiger partial charge is 0.236 e. The Bertz CT molecular complexity index is 1140. The molecule has 0 radical (unpaired) electrons. The molecule has 29 heavy (non-hydrogen) atoms. The zero-order valence-corrected chi connectivity index (χ0v) is 17.5. The highest BCUT2D eigenvalue weighted by Gasteiger charge is 2.13. The number of fused-ring (bicyclic) bond motifs is 1. The maximum absolute atomic E-state index is 12.4. The molecule has 0 aliphatic heterocycles. The van der Waals surface area contributed by atoms with Crippen LogP contribution in [0.4, 0.5) is 5.13 Å². The minimum absolute atomic E-state index is 0.132. The highest BCUT2D eigenvalue weighted by Crippen LogP contribution is 2.27. The summed E-state index contributed by atoms with van der Waals surface area (Å²) in [6.07, 6.45) is 1.82. The number of aliphatic hydroxyl groups is 1. The van der Waals surface area contributed by atoms with Gasteiger partial charge in [-0.3, -0.25) is 4.79 Å². The van der Waals surface area contributed by atoms with Gasteiger partial charge in [0.05, 0.1) is 28.3 Å². The highest BCUT2D eigenvalue weighted by molar-refractivity contribution is 7.99. The molecule has 0 spiro atoms. The number of aliphatic hydroxyl groups excluding tert-OH is 1. The van der Waals surface area contributed by atoms with E-state index in [1.54, 1.807) is 0 Å². The average molecular weight is 425 g/mol. The van der Waals surface area contributed by atoms with Gasteiger partial charge in [0.15, 0.2) is 10.3 Å². The number of carbonyl (C=O) groups is 1. The van der Waals surface area contributed by atoms with Crippen LogP contribution in [-0.2, 0) is 17.9 Å². The lowest BCUT2D eigenvalue weighted by atomic mass is 10.2. The third-order valence-electron chi connectivity index (χ3n) is 4.27. The van der Waals surface area contributed by atoms with Crippen LogP contribution < -0.4 is 5.32 Å². The highest BCUT2D eigenvalue weighted by atomic mass is 32.2. The second-order valence-corrected chi connectivity index (χ2v) is 8.59. The van der Waals surface area contributed by atoms with Crippen LogP contribution >= 0.6 is 23.1 Å². The normalized spacial score (nSPS) is 11.1. The number of hydrogen-bond acceptors (Lipinski definition) is 6. The second-order valence-electron chi connectivity index (χ2n) is 6.61. The maximum Gasteiger partial charge on any atom is 0.236 e. The van der Waals surface area contributed by atoms with Gasteiger partial charge in [0.25, 0.3) is 0 Å². The first-order valence-electron chi connectivity index (χ1n) is 9.11. The van der Waals surface area contributed by atoms with Crippen LogP contribution in [0.25, 0.3) is 10.2 Å². The number of aromatic nitrogens is 3. The summed E-state index contributed by atoms with van der Waals surface area (Å²) in [7, 11) is 0. The van der Waals surface area contributed by atoms with E-state index in [-0.39, 0.29) is 18.3 Å². The first-order chi connectivity index (χ1) is 14.1. The first-order valence-corrected chi connectivity index (χ1v) is 10.9. The van der Waals surface area contributed by atoms with E-state index in [1.165, 1.54) is 28.7 Å². The summed E-state index contributed by atoms with van der Waals surface area (Å²) in [5, 5.41) is 13.6. The molecule has 6 nitrogen and oxygen atoms in total. The fourth-order valence-corrected chi connectivity index (χ4v) is 4.68. The minimum Gasteiger partial charge on any atom is -0.390 e.